The molecule has 1 saturated heterocycles. The zero-order chi connectivity index (χ0) is 22.0. The minimum atomic E-state index is -0.371. The maximum Gasteiger partial charge on any atom is 0.242 e. The molecule has 1 aromatic carbocycles. The number of benzene rings is 1. The Hall–Kier alpha value is -2.22. The molecule has 2 N–H and O–H groups in total. The van der Waals surface area contributed by atoms with E-state index in [2.05, 4.69) is 51.5 Å². The van der Waals surface area contributed by atoms with Crippen LogP contribution in [-0.2, 0) is 11.3 Å². The largest absolute Gasteiger partial charge is 0.358 e. The van der Waals surface area contributed by atoms with Gasteiger partial charge in [-0.15, -0.1) is 11.3 Å². The van der Waals surface area contributed by atoms with Crippen molar-refractivity contribution in [3.05, 3.63) is 51.6 Å². The molecule has 3 heterocycles. The molecule has 1 amide bonds. The summed E-state index contributed by atoms with van der Waals surface area (Å²) in [6, 6.07) is 7.85. The Morgan fingerprint density at radius 1 is 1.23 bits per heavy atom. The molecule has 3 aromatic rings. The Labute approximate surface area is 192 Å². The fraction of sp³-hybridized carbons (Fsp3) is 0.435. The Morgan fingerprint density at radius 3 is 2.65 bits per heavy atom. The Morgan fingerprint density at radius 2 is 1.94 bits per heavy atom. The predicted molar refractivity (Wildman–Crippen MR) is 128 cm³/mol. The second kappa shape index (κ2) is 9.51. The number of likely N-dealkylation sites (tertiary alicyclic amines) is 1. The molecular weight excluding hydrogens is 430 g/mol. The number of rotatable bonds is 6. The molecule has 0 saturated carbocycles. The van der Waals surface area contributed by atoms with Crippen molar-refractivity contribution in [2.24, 2.45) is 0 Å². The highest BCUT2D eigenvalue weighted by molar-refractivity contribution is 7.18. The summed E-state index contributed by atoms with van der Waals surface area (Å²) in [4.78, 5) is 26.2. The van der Waals surface area contributed by atoms with E-state index in [1.165, 1.54) is 16.0 Å². The van der Waals surface area contributed by atoms with Crippen molar-refractivity contribution in [1.29, 1.82) is 0 Å². The van der Waals surface area contributed by atoms with E-state index in [1.807, 2.05) is 19.1 Å². The van der Waals surface area contributed by atoms with Crippen LogP contribution in [0.25, 0.3) is 10.2 Å². The van der Waals surface area contributed by atoms with Crippen LogP contribution in [0.4, 0.5) is 5.82 Å². The average molecular weight is 458 g/mol. The van der Waals surface area contributed by atoms with Crippen LogP contribution in [0.3, 0.4) is 0 Å². The van der Waals surface area contributed by atoms with E-state index in [4.69, 9.17) is 11.6 Å². The molecule has 2 aromatic heterocycles. The molecule has 0 unspecified atom stereocenters. The first kappa shape index (κ1) is 22.0. The van der Waals surface area contributed by atoms with Crippen LogP contribution >= 0.6 is 22.9 Å². The second-order valence-electron chi connectivity index (χ2n) is 8.24. The lowest BCUT2D eigenvalue weighted by Gasteiger charge is -2.33. The summed E-state index contributed by atoms with van der Waals surface area (Å²) < 4.78 is 0. The first-order valence-corrected chi connectivity index (χ1v) is 11.8. The molecule has 0 spiro atoms. The number of nitrogens with one attached hydrogen (secondary N) is 2. The first-order valence-electron chi connectivity index (χ1n) is 10.6. The maximum absolute atomic E-state index is 12.8. The molecule has 1 atom stereocenters. The number of anilines is 1. The summed E-state index contributed by atoms with van der Waals surface area (Å²) in [6.07, 6.45) is 3.46. The van der Waals surface area contributed by atoms with E-state index >= 15 is 0 Å². The number of hydrogen-bond acceptors (Lipinski definition) is 6. The normalized spacial score (nSPS) is 16.4. The van der Waals surface area contributed by atoms with Crippen molar-refractivity contribution < 1.29 is 4.79 Å². The van der Waals surface area contributed by atoms with Gasteiger partial charge in [-0.1, -0.05) is 23.7 Å². The monoisotopic (exact) mass is 457 g/mol. The summed E-state index contributed by atoms with van der Waals surface area (Å²) in [7, 11) is 0. The van der Waals surface area contributed by atoms with E-state index in [-0.39, 0.29) is 18.0 Å². The van der Waals surface area contributed by atoms with Gasteiger partial charge in [0.05, 0.1) is 5.39 Å². The number of carbonyl (C=O) groups is 1. The number of thiophene rings is 1. The quantitative estimate of drug-likeness (QED) is 0.568. The van der Waals surface area contributed by atoms with Gasteiger partial charge in [0, 0.05) is 35.6 Å². The molecule has 0 radical (unpaired) electrons. The number of amides is 1. The molecule has 4 rings (SSSR count). The van der Waals surface area contributed by atoms with Crippen LogP contribution in [-0.4, -0.2) is 45.9 Å². The number of aryl methyl sites for hydroxylation is 2. The molecule has 0 aliphatic carbocycles. The van der Waals surface area contributed by atoms with Crippen molar-refractivity contribution in [3.63, 3.8) is 0 Å². The molecule has 8 heteroatoms. The van der Waals surface area contributed by atoms with Gasteiger partial charge in [-0.3, -0.25) is 9.69 Å². The first-order chi connectivity index (χ1) is 14.9. The summed E-state index contributed by atoms with van der Waals surface area (Å²) in [5.41, 5.74) is 2.43. The molecule has 1 fully saturated rings. The third-order valence-electron chi connectivity index (χ3n) is 5.97. The van der Waals surface area contributed by atoms with Crippen molar-refractivity contribution in [1.82, 2.24) is 20.2 Å². The lowest BCUT2D eigenvalue weighted by Crippen LogP contribution is -2.48. The van der Waals surface area contributed by atoms with E-state index in [9.17, 15) is 4.79 Å². The SMILES string of the molecule is Cc1sc2ncnc(N[C@@H](C)C(=O)NC3CCN(Cc4ccc(Cl)cc4)CC3)c2c1C. The fourth-order valence-electron chi connectivity index (χ4n) is 3.97. The smallest absolute Gasteiger partial charge is 0.242 e. The van der Waals surface area contributed by atoms with E-state index < -0.39 is 0 Å². The van der Waals surface area contributed by atoms with Gasteiger partial charge in [0.25, 0.3) is 0 Å². The Balaban J connectivity index is 1.29. The van der Waals surface area contributed by atoms with Crippen molar-refractivity contribution >= 4 is 44.9 Å². The lowest BCUT2D eigenvalue weighted by molar-refractivity contribution is -0.122. The van der Waals surface area contributed by atoms with Crippen molar-refractivity contribution in [2.75, 3.05) is 18.4 Å². The van der Waals surface area contributed by atoms with E-state index in [0.29, 0.717) is 0 Å². The molecule has 1 aliphatic rings. The van der Waals surface area contributed by atoms with Gasteiger partial charge in [-0.25, -0.2) is 9.97 Å². The van der Waals surface area contributed by atoms with E-state index in [0.717, 1.165) is 53.5 Å². The Kier molecular flexibility index (Phi) is 6.74. The van der Waals surface area contributed by atoms with Crippen molar-refractivity contribution in [3.8, 4) is 0 Å². The van der Waals surface area contributed by atoms with Crippen LogP contribution < -0.4 is 10.6 Å². The third-order valence-corrected chi connectivity index (χ3v) is 7.33. The number of carbonyl (C=O) groups excluding carboxylic acids is 1. The summed E-state index contributed by atoms with van der Waals surface area (Å²) >= 11 is 7.63. The third kappa shape index (κ3) is 5.17. The van der Waals surface area contributed by atoms with Gasteiger partial charge in [0.2, 0.25) is 5.91 Å². The van der Waals surface area contributed by atoms with Gasteiger partial charge >= 0.3 is 0 Å². The number of aromatic nitrogens is 2. The van der Waals surface area contributed by atoms with Crippen LogP contribution in [0.15, 0.2) is 30.6 Å². The number of halogens is 1. The van der Waals surface area contributed by atoms with Crippen LogP contribution in [0, 0.1) is 13.8 Å². The van der Waals surface area contributed by atoms with Crippen LogP contribution in [0.2, 0.25) is 5.02 Å². The molecule has 164 valence electrons. The molecule has 1 aliphatic heterocycles. The van der Waals surface area contributed by atoms with Gasteiger partial charge in [-0.05, 0) is 56.9 Å². The summed E-state index contributed by atoms with van der Waals surface area (Å²) in [5.74, 6) is 0.736. The lowest BCUT2D eigenvalue weighted by atomic mass is 10.0. The van der Waals surface area contributed by atoms with Crippen molar-refractivity contribution in [2.45, 2.75) is 52.2 Å². The fourth-order valence-corrected chi connectivity index (χ4v) is 5.09. The summed E-state index contributed by atoms with van der Waals surface area (Å²) in [6.45, 7) is 8.89. The second-order valence-corrected chi connectivity index (χ2v) is 9.88. The number of fused-ring (bicyclic) bond motifs is 1. The van der Waals surface area contributed by atoms with Crippen LogP contribution in [0.1, 0.15) is 35.8 Å². The highest BCUT2D eigenvalue weighted by Gasteiger charge is 2.24. The average Bonchev–Trinajstić information content (AvgIpc) is 3.05. The van der Waals surface area contributed by atoms with Crippen LogP contribution in [0.5, 0.6) is 0 Å². The summed E-state index contributed by atoms with van der Waals surface area (Å²) in [5, 5.41) is 8.29. The molecule has 6 nitrogen and oxygen atoms in total. The van der Waals surface area contributed by atoms with Gasteiger partial charge in [-0.2, -0.15) is 0 Å². The maximum atomic E-state index is 12.8. The number of piperidine rings is 1. The highest BCUT2D eigenvalue weighted by atomic mass is 35.5. The zero-order valence-electron chi connectivity index (χ0n) is 18.1. The topological polar surface area (TPSA) is 70.1 Å². The minimum Gasteiger partial charge on any atom is -0.358 e. The highest BCUT2D eigenvalue weighted by Crippen LogP contribution is 2.32. The van der Waals surface area contributed by atoms with Gasteiger partial charge in [0.1, 0.15) is 23.0 Å². The Bertz CT molecular complexity index is 1060. The minimum absolute atomic E-state index is 0.00696. The zero-order valence-corrected chi connectivity index (χ0v) is 19.7. The van der Waals surface area contributed by atoms with Gasteiger partial charge in [0.15, 0.2) is 0 Å². The van der Waals surface area contributed by atoms with E-state index in [1.54, 1.807) is 17.7 Å². The predicted octanol–water partition coefficient (Wildman–Crippen LogP) is 4.54. The number of hydrogen-bond donors (Lipinski definition) is 2. The molecule has 0 bridgehead atoms. The standard InChI is InChI=1S/C23H28ClN5OS/c1-14-16(3)31-23-20(14)21(25-13-26-23)27-15(2)22(30)28-19-8-10-29(11-9-19)12-17-4-6-18(24)7-5-17/h4-7,13,15,19H,8-12H2,1-3H3,(H,28,30)(H,25,26,27)/t15-/m0/s1. The molecular formula is C23H28ClN5OS. The number of nitrogens with zero attached hydrogens (tertiary/aromatic N) is 3. The molecule has 31 heavy (non-hydrogen) atoms. The van der Waals surface area contributed by atoms with Gasteiger partial charge < -0.3 is 10.6 Å².